The monoisotopic (exact) mass is 164 g/mol. The van der Waals surface area contributed by atoms with Crippen molar-refractivity contribution in [3.8, 4) is 0 Å². The minimum Gasteiger partial charge on any atom is -0.364 e. The van der Waals surface area contributed by atoms with E-state index in [9.17, 15) is 0 Å². The minimum atomic E-state index is 0.298. The molecule has 0 amide bonds. The Kier molecular flexibility index (Phi) is 1.69. The molecule has 0 saturated heterocycles. The highest BCUT2D eigenvalue weighted by Gasteiger charge is 2.33. The molecular formula is C8H12N4. The predicted molar refractivity (Wildman–Crippen MR) is 46.8 cm³/mol. The molecule has 3 N–H and O–H groups in total. The van der Waals surface area contributed by atoms with Crippen LogP contribution in [0.15, 0.2) is 12.4 Å². The van der Waals surface area contributed by atoms with Gasteiger partial charge in [0.05, 0.1) is 5.69 Å². The summed E-state index contributed by atoms with van der Waals surface area (Å²) in [6.45, 7) is 1.93. The number of anilines is 1. The van der Waals surface area contributed by atoms with E-state index in [0.717, 1.165) is 17.9 Å². The Morgan fingerprint density at radius 2 is 2.17 bits per heavy atom. The summed E-state index contributed by atoms with van der Waals surface area (Å²) < 4.78 is 0. The average molecular weight is 164 g/mol. The van der Waals surface area contributed by atoms with Gasteiger partial charge < -0.3 is 11.1 Å². The first-order valence-electron chi connectivity index (χ1n) is 4.07. The second kappa shape index (κ2) is 2.71. The Hall–Kier alpha value is -1.16. The highest BCUT2D eigenvalue weighted by Crippen LogP contribution is 2.23. The highest BCUT2D eigenvalue weighted by atomic mass is 15.1. The molecule has 4 heteroatoms. The van der Waals surface area contributed by atoms with E-state index in [4.69, 9.17) is 5.73 Å². The van der Waals surface area contributed by atoms with Crippen LogP contribution < -0.4 is 11.1 Å². The molecule has 1 aromatic rings. The topological polar surface area (TPSA) is 63.8 Å². The van der Waals surface area contributed by atoms with Gasteiger partial charge in [0, 0.05) is 24.5 Å². The molecule has 4 nitrogen and oxygen atoms in total. The third kappa shape index (κ3) is 1.38. The van der Waals surface area contributed by atoms with Crippen LogP contribution in [-0.2, 0) is 0 Å². The van der Waals surface area contributed by atoms with Crippen molar-refractivity contribution in [2.24, 2.45) is 5.73 Å². The molecule has 2 rings (SSSR count). The van der Waals surface area contributed by atoms with Gasteiger partial charge in [0.2, 0.25) is 0 Å². The lowest BCUT2D eigenvalue weighted by molar-refractivity contribution is 0.981. The zero-order chi connectivity index (χ0) is 8.55. The fourth-order valence-corrected chi connectivity index (χ4v) is 1.11. The molecule has 2 unspecified atom stereocenters. The van der Waals surface area contributed by atoms with E-state index in [1.807, 2.05) is 6.92 Å². The molecule has 0 spiro atoms. The molecule has 64 valence electrons. The fraction of sp³-hybridized carbons (Fsp3) is 0.500. The predicted octanol–water partition coefficient (Wildman–Crippen LogP) is 0.297. The van der Waals surface area contributed by atoms with Crippen molar-refractivity contribution in [1.29, 1.82) is 0 Å². The normalized spacial score (nSPS) is 26.8. The van der Waals surface area contributed by atoms with E-state index in [1.54, 1.807) is 12.4 Å². The third-order valence-corrected chi connectivity index (χ3v) is 2.04. The van der Waals surface area contributed by atoms with Gasteiger partial charge in [0.25, 0.3) is 0 Å². The summed E-state index contributed by atoms with van der Waals surface area (Å²) in [5, 5.41) is 3.24. The van der Waals surface area contributed by atoms with Gasteiger partial charge in [-0.3, -0.25) is 4.98 Å². The average Bonchev–Trinajstić information content (AvgIpc) is 2.72. The van der Waals surface area contributed by atoms with Crippen LogP contribution in [-0.4, -0.2) is 22.1 Å². The van der Waals surface area contributed by atoms with Gasteiger partial charge in [-0.2, -0.15) is 0 Å². The Morgan fingerprint density at radius 3 is 2.75 bits per heavy atom. The first kappa shape index (κ1) is 7.49. The van der Waals surface area contributed by atoms with Gasteiger partial charge in [-0.05, 0) is 13.3 Å². The molecule has 0 bridgehead atoms. The van der Waals surface area contributed by atoms with Crippen LogP contribution in [0.5, 0.6) is 0 Å². The maximum atomic E-state index is 5.65. The lowest BCUT2D eigenvalue weighted by atomic mass is 10.4. The molecule has 1 saturated carbocycles. The molecule has 1 aliphatic rings. The molecule has 0 aromatic carbocycles. The summed E-state index contributed by atoms with van der Waals surface area (Å²) in [7, 11) is 0. The van der Waals surface area contributed by atoms with Gasteiger partial charge in [-0.1, -0.05) is 0 Å². The Balaban J connectivity index is 2.08. The maximum Gasteiger partial charge on any atom is 0.147 e. The number of nitrogens with zero attached hydrogens (tertiary/aromatic N) is 2. The quantitative estimate of drug-likeness (QED) is 0.659. The third-order valence-electron chi connectivity index (χ3n) is 2.04. The molecule has 1 heterocycles. The smallest absolute Gasteiger partial charge is 0.147 e. The van der Waals surface area contributed by atoms with Crippen LogP contribution in [0.25, 0.3) is 0 Å². The van der Waals surface area contributed by atoms with Gasteiger partial charge in [0.15, 0.2) is 0 Å². The summed E-state index contributed by atoms with van der Waals surface area (Å²) in [5.41, 5.74) is 6.58. The van der Waals surface area contributed by atoms with Crippen LogP contribution in [0.3, 0.4) is 0 Å². The Bertz CT molecular complexity index is 286. The van der Waals surface area contributed by atoms with Crippen molar-refractivity contribution in [3.63, 3.8) is 0 Å². The van der Waals surface area contributed by atoms with Crippen LogP contribution in [0.1, 0.15) is 12.1 Å². The van der Waals surface area contributed by atoms with E-state index < -0.39 is 0 Å². The van der Waals surface area contributed by atoms with E-state index in [0.29, 0.717) is 12.1 Å². The SMILES string of the molecule is Cc1nccnc1NC1CC1N. The number of nitrogens with two attached hydrogens (primary N) is 1. The van der Waals surface area contributed by atoms with E-state index in [1.165, 1.54) is 0 Å². The van der Waals surface area contributed by atoms with Crippen molar-refractivity contribution in [2.75, 3.05) is 5.32 Å². The highest BCUT2D eigenvalue weighted by molar-refractivity contribution is 5.41. The maximum absolute atomic E-state index is 5.65. The number of aryl methyl sites for hydroxylation is 1. The summed E-state index contributed by atoms with van der Waals surface area (Å²) >= 11 is 0. The fourth-order valence-electron chi connectivity index (χ4n) is 1.11. The molecule has 0 aliphatic heterocycles. The van der Waals surface area contributed by atoms with E-state index >= 15 is 0 Å². The largest absolute Gasteiger partial charge is 0.364 e. The van der Waals surface area contributed by atoms with Crippen molar-refractivity contribution in [2.45, 2.75) is 25.4 Å². The van der Waals surface area contributed by atoms with Gasteiger partial charge in [-0.15, -0.1) is 0 Å². The zero-order valence-corrected chi connectivity index (χ0v) is 6.99. The van der Waals surface area contributed by atoms with Crippen LogP contribution in [0.2, 0.25) is 0 Å². The molecule has 2 atom stereocenters. The molecule has 1 fully saturated rings. The number of nitrogens with one attached hydrogen (secondary N) is 1. The Labute approximate surface area is 71.2 Å². The molecule has 0 radical (unpaired) electrons. The van der Waals surface area contributed by atoms with Crippen LogP contribution >= 0.6 is 0 Å². The number of hydrogen-bond acceptors (Lipinski definition) is 4. The number of rotatable bonds is 2. The van der Waals surface area contributed by atoms with Crippen LogP contribution in [0.4, 0.5) is 5.82 Å². The lowest BCUT2D eigenvalue weighted by Crippen LogP contribution is -2.14. The summed E-state index contributed by atoms with van der Waals surface area (Å²) in [6.07, 6.45) is 4.41. The lowest BCUT2D eigenvalue weighted by Gasteiger charge is -2.04. The van der Waals surface area contributed by atoms with Gasteiger partial charge >= 0.3 is 0 Å². The van der Waals surface area contributed by atoms with Crippen LogP contribution in [0, 0.1) is 6.92 Å². The minimum absolute atomic E-state index is 0.298. The van der Waals surface area contributed by atoms with Gasteiger partial charge in [0.1, 0.15) is 5.82 Å². The van der Waals surface area contributed by atoms with Crippen molar-refractivity contribution < 1.29 is 0 Å². The standard InChI is InChI=1S/C8H12N4/c1-5-8(11-3-2-10-5)12-7-4-6(7)9/h2-3,6-7H,4,9H2,1H3,(H,11,12). The summed E-state index contributed by atoms with van der Waals surface area (Å²) in [5.74, 6) is 0.857. The first-order chi connectivity index (χ1) is 5.77. The van der Waals surface area contributed by atoms with Crippen molar-refractivity contribution in [3.05, 3.63) is 18.1 Å². The molecular weight excluding hydrogens is 152 g/mol. The summed E-state index contributed by atoms with van der Waals surface area (Å²) in [6, 6.07) is 0.701. The first-order valence-corrected chi connectivity index (χ1v) is 4.07. The Morgan fingerprint density at radius 1 is 1.50 bits per heavy atom. The molecule has 12 heavy (non-hydrogen) atoms. The zero-order valence-electron chi connectivity index (χ0n) is 6.99. The van der Waals surface area contributed by atoms with E-state index in [-0.39, 0.29) is 0 Å². The molecule has 1 aromatic heterocycles. The second-order valence-electron chi connectivity index (χ2n) is 3.14. The van der Waals surface area contributed by atoms with Crippen molar-refractivity contribution >= 4 is 5.82 Å². The molecule has 1 aliphatic carbocycles. The van der Waals surface area contributed by atoms with Crippen molar-refractivity contribution in [1.82, 2.24) is 9.97 Å². The van der Waals surface area contributed by atoms with Gasteiger partial charge in [-0.25, -0.2) is 4.98 Å². The second-order valence-corrected chi connectivity index (χ2v) is 3.14. The summed E-state index contributed by atoms with van der Waals surface area (Å²) in [4.78, 5) is 8.28. The van der Waals surface area contributed by atoms with E-state index in [2.05, 4.69) is 15.3 Å². The number of aromatic nitrogens is 2. The number of hydrogen-bond donors (Lipinski definition) is 2.